The fraction of sp³-hybridized carbons (Fsp3) is 0.296. The summed E-state index contributed by atoms with van der Waals surface area (Å²) >= 11 is 6.15. The Kier molecular flexibility index (Phi) is 8.06. The van der Waals surface area contributed by atoms with Gasteiger partial charge in [0.1, 0.15) is 29.6 Å². The highest BCUT2D eigenvalue weighted by molar-refractivity contribution is 6.30. The molecule has 1 aliphatic rings. The highest BCUT2D eigenvalue weighted by atomic mass is 35.5. The molecule has 3 aromatic carbocycles. The number of hydrogen-bond donors (Lipinski definition) is 0. The second-order valence-electron chi connectivity index (χ2n) is 8.42. The smallest absolute Gasteiger partial charge is 0.133 e. The lowest BCUT2D eigenvalue weighted by Crippen LogP contribution is -2.56. The van der Waals surface area contributed by atoms with Crippen LogP contribution in [0.25, 0.3) is 0 Å². The lowest BCUT2D eigenvalue weighted by atomic mass is 9.81. The van der Waals surface area contributed by atoms with Gasteiger partial charge in [-0.05, 0) is 47.4 Å². The van der Waals surface area contributed by atoms with Crippen LogP contribution in [0.5, 0.6) is 0 Å². The summed E-state index contributed by atoms with van der Waals surface area (Å²) in [5.41, 5.74) is 1.45. The number of hydrogen-bond acceptors (Lipinski definition) is 4. The number of carbonyl (C=O) groups excluding carboxylic acids is 1. The molecule has 0 aromatic heterocycles. The molecule has 1 fully saturated rings. The zero-order chi connectivity index (χ0) is 24.0. The molecule has 0 saturated carbocycles. The zero-order valence-electron chi connectivity index (χ0n) is 18.6. The quantitative estimate of drug-likeness (QED) is 0.374. The van der Waals surface area contributed by atoms with Crippen molar-refractivity contribution < 1.29 is 23.0 Å². The summed E-state index contributed by atoms with van der Waals surface area (Å²) in [5.74, 6) is -1.32. The molecule has 2 atom stereocenters. The minimum atomic E-state index is -0.842. The van der Waals surface area contributed by atoms with Crippen LogP contribution in [-0.2, 0) is 33.1 Å². The number of piperidine rings is 1. The summed E-state index contributed by atoms with van der Waals surface area (Å²) in [6.07, 6.45) is 0.925. The first-order valence-electron chi connectivity index (χ1n) is 11.1. The molecule has 1 aliphatic heterocycles. The Morgan fingerprint density at radius 3 is 2.35 bits per heavy atom. The van der Waals surface area contributed by atoms with E-state index in [-0.39, 0.29) is 13.2 Å². The fourth-order valence-electron chi connectivity index (χ4n) is 4.41. The van der Waals surface area contributed by atoms with Gasteiger partial charge in [-0.15, -0.1) is 0 Å². The Bertz CT molecular complexity index is 1080. The van der Waals surface area contributed by atoms with Crippen molar-refractivity contribution in [1.29, 1.82) is 0 Å². The number of aldehydes is 1. The van der Waals surface area contributed by atoms with Gasteiger partial charge in [-0.3, -0.25) is 4.90 Å². The number of carbonyl (C=O) groups is 1. The molecule has 0 N–H and O–H groups in total. The highest BCUT2D eigenvalue weighted by Gasteiger charge is 2.46. The summed E-state index contributed by atoms with van der Waals surface area (Å²) < 4.78 is 40.4. The summed E-state index contributed by atoms with van der Waals surface area (Å²) in [5, 5.41) is 0.605. The molecule has 0 unspecified atom stereocenters. The second kappa shape index (κ2) is 11.2. The van der Waals surface area contributed by atoms with E-state index in [4.69, 9.17) is 21.1 Å². The molecule has 34 heavy (non-hydrogen) atoms. The van der Waals surface area contributed by atoms with E-state index in [1.807, 2.05) is 47.4 Å². The van der Waals surface area contributed by atoms with Crippen LogP contribution in [-0.4, -0.2) is 36.9 Å². The summed E-state index contributed by atoms with van der Waals surface area (Å²) in [6.45, 7) is 1.67. The third kappa shape index (κ3) is 5.88. The number of likely N-dealkylation sites (tertiary alicyclic amines) is 1. The molecule has 178 valence electrons. The van der Waals surface area contributed by atoms with Crippen LogP contribution in [0.4, 0.5) is 8.78 Å². The van der Waals surface area contributed by atoms with E-state index in [0.717, 1.165) is 23.5 Å². The van der Waals surface area contributed by atoms with E-state index < -0.39 is 23.3 Å². The molecular weight excluding hydrogens is 460 g/mol. The van der Waals surface area contributed by atoms with Crippen LogP contribution in [0.1, 0.15) is 23.1 Å². The minimum absolute atomic E-state index is 0.00167. The van der Waals surface area contributed by atoms with Crippen molar-refractivity contribution in [3.63, 3.8) is 0 Å². The van der Waals surface area contributed by atoms with Crippen LogP contribution >= 0.6 is 11.6 Å². The largest absolute Gasteiger partial charge is 0.369 e. The van der Waals surface area contributed by atoms with E-state index in [0.29, 0.717) is 36.7 Å². The minimum Gasteiger partial charge on any atom is -0.369 e. The summed E-state index contributed by atoms with van der Waals surface area (Å²) in [7, 11) is 0. The van der Waals surface area contributed by atoms with Crippen LogP contribution in [0.15, 0.2) is 72.8 Å². The van der Waals surface area contributed by atoms with Gasteiger partial charge < -0.3 is 14.3 Å². The Morgan fingerprint density at radius 2 is 1.68 bits per heavy atom. The molecule has 1 saturated heterocycles. The average Bonchev–Trinajstić information content (AvgIpc) is 2.83. The first-order chi connectivity index (χ1) is 16.5. The van der Waals surface area contributed by atoms with Gasteiger partial charge in [0, 0.05) is 24.2 Å². The average molecular weight is 486 g/mol. The van der Waals surface area contributed by atoms with Gasteiger partial charge in [0.25, 0.3) is 0 Å². The van der Waals surface area contributed by atoms with Crippen molar-refractivity contribution in [3.8, 4) is 0 Å². The topological polar surface area (TPSA) is 38.8 Å². The number of rotatable bonds is 9. The van der Waals surface area contributed by atoms with Crippen molar-refractivity contribution in [2.45, 2.75) is 31.3 Å². The summed E-state index contributed by atoms with van der Waals surface area (Å²) in [4.78, 5) is 13.2. The third-order valence-corrected chi connectivity index (χ3v) is 6.37. The standard InChI is InChI=1S/C27H26ClF2NO3/c28-23-8-6-22(7-9-23)27(34-19-20-4-2-1-3-5-20)10-11-31(12-13-32)17-26(27)33-18-21-14-24(29)16-25(30)15-21/h1-9,13-16,26H,10-12,17-19H2/t26-,27+/m0/s1. The maximum atomic E-state index is 13.7. The molecule has 0 aliphatic carbocycles. The first kappa shape index (κ1) is 24.5. The third-order valence-electron chi connectivity index (χ3n) is 6.12. The van der Waals surface area contributed by atoms with Gasteiger partial charge in [-0.25, -0.2) is 8.78 Å². The zero-order valence-corrected chi connectivity index (χ0v) is 19.4. The Morgan fingerprint density at radius 1 is 0.971 bits per heavy atom. The molecular formula is C27H26ClF2NO3. The monoisotopic (exact) mass is 485 g/mol. The van der Waals surface area contributed by atoms with E-state index in [1.165, 1.54) is 12.1 Å². The molecule has 1 heterocycles. The van der Waals surface area contributed by atoms with Crippen molar-refractivity contribution >= 4 is 17.9 Å². The van der Waals surface area contributed by atoms with Crippen LogP contribution in [0, 0.1) is 11.6 Å². The Balaban J connectivity index is 1.66. The van der Waals surface area contributed by atoms with Crippen molar-refractivity contribution in [3.05, 3.63) is 106 Å². The highest BCUT2D eigenvalue weighted by Crippen LogP contribution is 2.40. The van der Waals surface area contributed by atoms with E-state index >= 15 is 0 Å². The van der Waals surface area contributed by atoms with Crippen molar-refractivity contribution in [1.82, 2.24) is 4.90 Å². The molecule has 7 heteroatoms. The fourth-order valence-corrected chi connectivity index (χ4v) is 4.53. The van der Waals surface area contributed by atoms with Crippen LogP contribution < -0.4 is 0 Å². The molecule has 0 spiro atoms. The molecule has 4 rings (SSSR count). The lowest BCUT2D eigenvalue weighted by Gasteiger charge is -2.47. The molecule has 0 radical (unpaired) electrons. The Labute approximate surface area is 203 Å². The lowest BCUT2D eigenvalue weighted by molar-refractivity contribution is -0.193. The van der Waals surface area contributed by atoms with E-state index in [9.17, 15) is 13.6 Å². The van der Waals surface area contributed by atoms with Crippen molar-refractivity contribution in [2.75, 3.05) is 19.6 Å². The first-order valence-corrected chi connectivity index (χ1v) is 11.5. The van der Waals surface area contributed by atoms with Gasteiger partial charge in [-0.1, -0.05) is 54.1 Å². The van der Waals surface area contributed by atoms with Gasteiger partial charge in [0.15, 0.2) is 0 Å². The van der Waals surface area contributed by atoms with Gasteiger partial charge in [0.2, 0.25) is 0 Å². The number of ether oxygens (including phenoxy) is 2. The van der Waals surface area contributed by atoms with Gasteiger partial charge in [-0.2, -0.15) is 0 Å². The van der Waals surface area contributed by atoms with Crippen LogP contribution in [0.2, 0.25) is 5.02 Å². The predicted molar refractivity (Wildman–Crippen MR) is 126 cm³/mol. The van der Waals surface area contributed by atoms with E-state index in [1.54, 1.807) is 12.1 Å². The number of halogens is 3. The molecule has 0 bridgehead atoms. The summed E-state index contributed by atoms with van der Waals surface area (Å²) in [6, 6.07) is 20.6. The normalized spacial score (nSPS) is 20.9. The van der Waals surface area contributed by atoms with E-state index in [2.05, 4.69) is 0 Å². The maximum absolute atomic E-state index is 13.7. The molecule has 0 amide bonds. The van der Waals surface area contributed by atoms with Crippen LogP contribution in [0.3, 0.4) is 0 Å². The molecule has 4 nitrogen and oxygen atoms in total. The maximum Gasteiger partial charge on any atom is 0.133 e. The SMILES string of the molecule is O=CCN1CC[C@@](OCc2ccccc2)(c2ccc(Cl)cc2)[C@@H](OCc2cc(F)cc(F)c2)C1. The van der Waals surface area contributed by atoms with Crippen molar-refractivity contribution in [2.24, 2.45) is 0 Å². The predicted octanol–water partition coefficient (Wildman–Crippen LogP) is 5.52. The van der Waals surface area contributed by atoms with Gasteiger partial charge in [0.05, 0.1) is 19.8 Å². The Hall–Kier alpha value is -2.64. The second-order valence-corrected chi connectivity index (χ2v) is 8.86. The number of benzene rings is 3. The molecule has 3 aromatic rings. The van der Waals surface area contributed by atoms with Gasteiger partial charge >= 0.3 is 0 Å². The number of nitrogens with zero attached hydrogens (tertiary/aromatic N) is 1.